The van der Waals surface area contributed by atoms with Gasteiger partial charge in [-0.3, -0.25) is 9.59 Å². The van der Waals surface area contributed by atoms with Gasteiger partial charge in [0.2, 0.25) is 5.91 Å². The molecule has 0 saturated heterocycles. The maximum atomic E-state index is 13.9. The summed E-state index contributed by atoms with van der Waals surface area (Å²) in [4.78, 5) is 25.5. The number of nitrogens with one attached hydrogen (secondary N) is 2. The molecule has 2 unspecified atom stereocenters. The predicted octanol–water partition coefficient (Wildman–Crippen LogP) is 8.12. The Kier molecular flexibility index (Phi) is 9.01. The fraction of sp³-hybridized carbons (Fsp3) is 0.200. The molecule has 0 aromatic heterocycles. The first-order valence-electron chi connectivity index (χ1n) is 10.5. The first kappa shape index (κ1) is 29.0. The van der Waals surface area contributed by atoms with E-state index in [2.05, 4.69) is 17.2 Å². The molecule has 0 aliphatic heterocycles. The first-order valence-corrected chi connectivity index (χ1v) is 12.0. The number of amides is 2. The zero-order chi connectivity index (χ0) is 27.7. The molecule has 0 bridgehead atoms. The Morgan fingerprint density at radius 1 is 1.05 bits per heavy atom. The highest BCUT2D eigenvalue weighted by atomic mass is 35.5. The molecule has 1 aliphatic carbocycles. The van der Waals surface area contributed by atoms with Crippen LogP contribution in [0.25, 0.3) is 0 Å². The standard InChI is InChI=1S/C25H18Cl4F4N2O2/c1-11(3-6-16(26)12(2)22(32)33)20-21(25(20,28)29)24(37)34-14-5-7-17(27)15(10-14)23(36)35-19-8-4-13(30)9-18(19)31/h3-10,20-22H,1H2,2H3,(H,34,37)(H,35,36)/b6-3-,16-12-. The molecule has 196 valence electrons. The number of anilines is 2. The molecule has 2 N–H and O–H groups in total. The van der Waals surface area contributed by atoms with Crippen molar-refractivity contribution in [3.05, 3.63) is 93.5 Å². The van der Waals surface area contributed by atoms with Crippen LogP contribution in [0.4, 0.5) is 28.9 Å². The molecule has 1 fully saturated rings. The second kappa shape index (κ2) is 11.5. The Bertz CT molecular complexity index is 1330. The van der Waals surface area contributed by atoms with E-state index in [1.54, 1.807) is 0 Å². The maximum Gasteiger partial charge on any atom is 0.261 e. The van der Waals surface area contributed by atoms with E-state index in [9.17, 15) is 27.2 Å². The van der Waals surface area contributed by atoms with E-state index in [0.717, 1.165) is 12.1 Å². The summed E-state index contributed by atoms with van der Waals surface area (Å²) in [6, 6.07) is 6.65. The van der Waals surface area contributed by atoms with Crippen molar-refractivity contribution in [2.75, 3.05) is 10.6 Å². The van der Waals surface area contributed by atoms with E-state index >= 15 is 0 Å². The minimum Gasteiger partial charge on any atom is -0.326 e. The summed E-state index contributed by atoms with van der Waals surface area (Å²) < 4.78 is 51.0. The zero-order valence-electron chi connectivity index (χ0n) is 18.9. The lowest BCUT2D eigenvalue weighted by Crippen LogP contribution is -2.18. The quantitative estimate of drug-likeness (QED) is 0.184. The van der Waals surface area contributed by atoms with E-state index in [4.69, 9.17) is 46.4 Å². The van der Waals surface area contributed by atoms with Crippen LogP contribution in [0.3, 0.4) is 0 Å². The van der Waals surface area contributed by atoms with Gasteiger partial charge in [-0.15, -0.1) is 23.2 Å². The summed E-state index contributed by atoms with van der Waals surface area (Å²) in [5.74, 6) is -4.89. The largest absolute Gasteiger partial charge is 0.326 e. The third-order valence-corrected chi connectivity index (χ3v) is 7.24. The van der Waals surface area contributed by atoms with E-state index in [0.29, 0.717) is 11.6 Å². The van der Waals surface area contributed by atoms with Gasteiger partial charge in [0.05, 0.1) is 22.2 Å². The van der Waals surface area contributed by atoms with Crippen LogP contribution in [0.2, 0.25) is 5.02 Å². The summed E-state index contributed by atoms with van der Waals surface area (Å²) in [5, 5.41) is 4.69. The molecule has 2 atom stereocenters. The van der Waals surface area contributed by atoms with Crippen molar-refractivity contribution >= 4 is 69.6 Å². The molecule has 2 aromatic carbocycles. The molecular formula is C25H18Cl4F4N2O2. The van der Waals surface area contributed by atoms with Crippen molar-refractivity contribution in [3.63, 3.8) is 0 Å². The van der Waals surface area contributed by atoms with Gasteiger partial charge >= 0.3 is 0 Å². The van der Waals surface area contributed by atoms with Crippen molar-refractivity contribution < 1.29 is 27.2 Å². The third kappa shape index (κ3) is 6.68. The van der Waals surface area contributed by atoms with Crippen LogP contribution in [-0.4, -0.2) is 22.6 Å². The van der Waals surface area contributed by atoms with E-state index < -0.39 is 46.0 Å². The normalized spacial score (nSPS) is 19.0. The molecule has 12 heteroatoms. The lowest BCUT2D eigenvalue weighted by Gasteiger charge is -2.11. The lowest BCUT2D eigenvalue weighted by molar-refractivity contribution is -0.117. The van der Waals surface area contributed by atoms with Gasteiger partial charge in [-0.25, -0.2) is 17.6 Å². The van der Waals surface area contributed by atoms with Crippen LogP contribution < -0.4 is 10.6 Å². The maximum absolute atomic E-state index is 13.9. The van der Waals surface area contributed by atoms with Gasteiger partial charge in [-0.05, 0) is 48.9 Å². The Morgan fingerprint density at radius 2 is 1.73 bits per heavy atom. The van der Waals surface area contributed by atoms with Crippen LogP contribution in [0, 0.1) is 23.5 Å². The Morgan fingerprint density at radius 3 is 2.35 bits per heavy atom. The van der Waals surface area contributed by atoms with Crippen molar-refractivity contribution in [2.45, 2.75) is 17.7 Å². The summed E-state index contributed by atoms with van der Waals surface area (Å²) in [5.41, 5.74) is -0.237. The molecule has 2 aromatic rings. The van der Waals surface area contributed by atoms with Gasteiger partial charge in [-0.1, -0.05) is 35.9 Å². The van der Waals surface area contributed by atoms with Crippen LogP contribution in [0.1, 0.15) is 17.3 Å². The first-order chi connectivity index (χ1) is 17.2. The number of hydrogen-bond donors (Lipinski definition) is 2. The van der Waals surface area contributed by atoms with Crippen molar-refractivity contribution in [1.29, 1.82) is 0 Å². The van der Waals surface area contributed by atoms with E-state index in [-0.39, 0.29) is 32.6 Å². The zero-order valence-corrected chi connectivity index (χ0v) is 21.9. The fourth-order valence-corrected chi connectivity index (χ4v) is 4.62. The highest BCUT2D eigenvalue weighted by Crippen LogP contribution is 2.62. The molecular weight excluding hydrogens is 578 g/mol. The van der Waals surface area contributed by atoms with E-state index in [1.807, 2.05) is 0 Å². The topological polar surface area (TPSA) is 58.2 Å². The average molecular weight is 596 g/mol. The number of benzene rings is 2. The monoisotopic (exact) mass is 594 g/mol. The van der Waals surface area contributed by atoms with E-state index in [1.165, 1.54) is 37.3 Å². The number of carbonyl (C=O) groups excluding carboxylic acids is 2. The molecule has 37 heavy (non-hydrogen) atoms. The lowest BCUT2D eigenvalue weighted by atomic mass is 10.1. The number of hydrogen-bond acceptors (Lipinski definition) is 2. The molecule has 3 rings (SSSR count). The fourth-order valence-electron chi connectivity index (χ4n) is 3.41. The van der Waals surface area contributed by atoms with Gasteiger partial charge in [0, 0.05) is 28.3 Å². The van der Waals surface area contributed by atoms with Gasteiger partial charge < -0.3 is 10.6 Å². The number of halogens is 8. The number of alkyl halides is 4. The summed E-state index contributed by atoms with van der Waals surface area (Å²) in [6.45, 7) is 4.98. The van der Waals surface area contributed by atoms with Crippen molar-refractivity contribution in [1.82, 2.24) is 0 Å². The van der Waals surface area contributed by atoms with Crippen molar-refractivity contribution in [2.24, 2.45) is 11.8 Å². The van der Waals surface area contributed by atoms with Gasteiger partial charge in [0.15, 0.2) is 0 Å². The Labute approximate surface area is 229 Å². The van der Waals surface area contributed by atoms with Gasteiger partial charge in [0.1, 0.15) is 16.0 Å². The minimum absolute atomic E-state index is 0.00823. The highest BCUT2D eigenvalue weighted by molar-refractivity contribution is 6.53. The van der Waals surface area contributed by atoms with Crippen LogP contribution in [-0.2, 0) is 4.79 Å². The summed E-state index contributed by atoms with van der Waals surface area (Å²) in [6.07, 6.45) is -0.160. The Balaban J connectivity index is 1.72. The minimum atomic E-state index is -2.73. The average Bonchev–Trinajstić information content (AvgIpc) is 3.41. The van der Waals surface area contributed by atoms with Gasteiger partial charge in [0.25, 0.3) is 12.3 Å². The molecule has 4 nitrogen and oxygen atoms in total. The molecule has 2 amide bonds. The predicted molar refractivity (Wildman–Crippen MR) is 139 cm³/mol. The smallest absolute Gasteiger partial charge is 0.261 e. The SMILES string of the molecule is C=C(/C=C\C(Cl)=C(/C)C(F)F)C1C(C(=O)Nc2ccc(Cl)c(C(=O)Nc3ccc(F)cc3F)c2)C1(Cl)Cl. The third-order valence-electron chi connectivity index (χ3n) is 5.54. The second-order valence-electron chi connectivity index (χ2n) is 8.13. The van der Waals surface area contributed by atoms with Crippen LogP contribution in [0.5, 0.6) is 0 Å². The summed E-state index contributed by atoms with van der Waals surface area (Å²) in [7, 11) is 0. The highest BCUT2D eigenvalue weighted by Gasteiger charge is 2.67. The molecule has 1 aliphatic rings. The number of rotatable bonds is 8. The van der Waals surface area contributed by atoms with Crippen LogP contribution in [0.15, 0.2) is 71.3 Å². The van der Waals surface area contributed by atoms with Crippen molar-refractivity contribution in [3.8, 4) is 0 Å². The molecule has 0 radical (unpaired) electrons. The molecule has 0 spiro atoms. The number of allylic oxidation sites excluding steroid dienone is 5. The second-order valence-corrected chi connectivity index (χ2v) is 10.4. The Hall–Kier alpha value is -2.52. The number of carbonyl (C=O) groups is 2. The molecule has 0 heterocycles. The van der Waals surface area contributed by atoms with Gasteiger partial charge in [-0.2, -0.15) is 0 Å². The molecule has 1 saturated carbocycles. The summed E-state index contributed by atoms with van der Waals surface area (Å²) >= 11 is 24.5. The van der Waals surface area contributed by atoms with Crippen LogP contribution >= 0.6 is 46.4 Å².